The van der Waals surface area contributed by atoms with Crippen LogP contribution in [0.15, 0.2) is 24.3 Å². The van der Waals surface area contributed by atoms with E-state index < -0.39 is 0 Å². The Bertz CT molecular complexity index is 476. The summed E-state index contributed by atoms with van der Waals surface area (Å²) in [7, 11) is 1.65. The normalized spacial score (nSPS) is 23.3. The van der Waals surface area contributed by atoms with E-state index in [1.165, 1.54) is 12.1 Å². The molecule has 0 spiro atoms. The average molecular weight is 294 g/mol. The van der Waals surface area contributed by atoms with E-state index in [2.05, 4.69) is 10.6 Å². The predicted molar refractivity (Wildman–Crippen MR) is 79.3 cm³/mol. The van der Waals surface area contributed by atoms with Crippen LogP contribution in [0.1, 0.15) is 31.9 Å². The molecule has 1 aromatic rings. The molecule has 1 fully saturated rings. The van der Waals surface area contributed by atoms with Crippen LogP contribution in [0.2, 0.25) is 0 Å². The Morgan fingerprint density at radius 1 is 1.38 bits per heavy atom. The lowest BCUT2D eigenvalue weighted by molar-refractivity contribution is -0.124. The van der Waals surface area contributed by atoms with Gasteiger partial charge in [-0.1, -0.05) is 26.0 Å². The molecule has 3 unspecified atom stereocenters. The van der Waals surface area contributed by atoms with Crippen LogP contribution < -0.4 is 10.6 Å². The SMILES string of the molecule is COC1CNC(C(=O)NC(c2ccc(F)cc2)C(C)C)C1. The fraction of sp³-hybridized carbons (Fsp3) is 0.562. The smallest absolute Gasteiger partial charge is 0.237 e. The highest BCUT2D eigenvalue weighted by atomic mass is 19.1. The molecule has 0 aromatic heterocycles. The molecule has 1 aliphatic rings. The van der Waals surface area contributed by atoms with Gasteiger partial charge in [0.1, 0.15) is 5.82 Å². The van der Waals surface area contributed by atoms with Crippen LogP contribution in [0, 0.1) is 11.7 Å². The van der Waals surface area contributed by atoms with E-state index in [0.29, 0.717) is 13.0 Å². The summed E-state index contributed by atoms with van der Waals surface area (Å²) >= 11 is 0. The second-order valence-corrected chi connectivity index (χ2v) is 5.84. The Balaban J connectivity index is 2.03. The Labute approximate surface area is 125 Å². The topological polar surface area (TPSA) is 50.4 Å². The van der Waals surface area contributed by atoms with E-state index in [-0.39, 0.29) is 35.8 Å². The summed E-state index contributed by atoms with van der Waals surface area (Å²) in [6, 6.07) is 5.94. The summed E-state index contributed by atoms with van der Waals surface area (Å²) in [5, 5.41) is 6.22. The van der Waals surface area contributed by atoms with Crippen LogP contribution in [0.25, 0.3) is 0 Å². The lowest BCUT2D eigenvalue weighted by Gasteiger charge is -2.24. The van der Waals surface area contributed by atoms with E-state index in [0.717, 1.165) is 5.56 Å². The summed E-state index contributed by atoms with van der Waals surface area (Å²) in [6.45, 7) is 4.76. The number of hydrogen-bond donors (Lipinski definition) is 2. The van der Waals surface area contributed by atoms with Crippen molar-refractivity contribution in [3.8, 4) is 0 Å². The highest BCUT2D eigenvalue weighted by Crippen LogP contribution is 2.22. The lowest BCUT2D eigenvalue weighted by atomic mass is 9.95. The third-order valence-electron chi connectivity index (χ3n) is 3.93. The fourth-order valence-electron chi connectivity index (χ4n) is 2.64. The first-order valence-electron chi connectivity index (χ1n) is 7.33. The molecule has 5 heteroatoms. The van der Waals surface area contributed by atoms with Gasteiger partial charge in [-0.3, -0.25) is 4.79 Å². The van der Waals surface area contributed by atoms with E-state index in [1.807, 2.05) is 13.8 Å². The number of methoxy groups -OCH3 is 1. The highest BCUT2D eigenvalue weighted by molar-refractivity contribution is 5.82. The number of hydrogen-bond acceptors (Lipinski definition) is 3. The van der Waals surface area contributed by atoms with Crippen LogP contribution in [0.3, 0.4) is 0 Å². The van der Waals surface area contributed by atoms with Crippen LogP contribution in [0.5, 0.6) is 0 Å². The first-order valence-corrected chi connectivity index (χ1v) is 7.33. The van der Waals surface area contributed by atoms with Gasteiger partial charge in [0, 0.05) is 13.7 Å². The number of halogens is 1. The molecule has 1 saturated heterocycles. The maximum Gasteiger partial charge on any atom is 0.237 e. The minimum Gasteiger partial charge on any atom is -0.380 e. The van der Waals surface area contributed by atoms with Crippen LogP contribution in [0.4, 0.5) is 4.39 Å². The third kappa shape index (κ3) is 4.02. The molecule has 21 heavy (non-hydrogen) atoms. The van der Waals surface area contributed by atoms with Gasteiger partial charge >= 0.3 is 0 Å². The molecule has 0 radical (unpaired) electrons. The van der Waals surface area contributed by atoms with E-state index in [1.54, 1.807) is 19.2 Å². The van der Waals surface area contributed by atoms with Gasteiger partial charge in [0.25, 0.3) is 0 Å². The number of rotatable bonds is 5. The van der Waals surface area contributed by atoms with E-state index in [4.69, 9.17) is 4.74 Å². The fourth-order valence-corrected chi connectivity index (χ4v) is 2.64. The maximum atomic E-state index is 13.0. The molecule has 0 aliphatic carbocycles. The van der Waals surface area contributed by atoms with Crippen molar-refractivity contribution in [2.24, 2.45) is 5.92 Å². The number of carbonyl (C=O) groups excluding carboxylic acids is 1. The second kappa shape index (κ2) is 7.00. The van der Waals surface area contributed by atoms with E-state index in [9.17, 15) is 9.18 Å². The zero-order valence-corrected chi connectivity index (χ0v) is 12.7. The van der Waals surface area contributed by atoms with Gasteiger partial charge in [0.15, 0.2) is 0 Å². The second-order valence-electron chi connectivity index (χ2n) is 5.84. The standard InChI is InChI=1S/C16H23FN2O2/c1-10(2)15(11-4-6-12(17)7-5-11)19-16(20)14-8-13(21-3)9-18-14/h4-7,10,13-15,18H,8-9H2,1-3H3,(H,19,20). The summed E-state index contributed by atoms with van der Waals surface area (Å²) in [5.74, 6) is -0.0791. The summed E-state index contributed by atoms with van der Waals surface area (Å²) < 4.78 is 18.3. The zero-order valence-electron chi connectivity index (χ0n) is 12.7. The molecule has 2 rings (SSSR count). The molecule has 116 valence electrons. The minimum atomic E-state index is -0.270. The van der Waals surface area contributed by atoms with Crippen molar-refractivity contribution in [3.63, 3.8) is 0 Å². The monoisotopic (exact) mass is 294 g/mol. The summed E-state index contributed by atoms with van der Waals surface area (Å²) in [5.41, 5.74) is 0.918. The lowest BCUT2D eigenvalue weighted by Crippen LogP contribution is -2.43. The Morgan fingerprint density at radius 3 is 2.57 bits per heavy atom. The molecule has 0 bridgehead atoms. The summed E-state index contributed by atoms with van der Waals surface area (Å²) in [4.78, 5) is 12.4. The Hall–Kier alpha value is -1.46. The molecule has 0 saturated carbocycles. The highest BCUT2D eigenvalue weighted by Gasteiger charge is 2.31. The predicted octanol–water partition coefficient (Wildman–Crippen LogP) is 2.02. The van der Waals surface area contributed by atoms with Gasteiger partial charge in [-0.15, -0.1) is 0 Å². The van der Waals surface area contributed by atoms with Gasteiger partial charge in [-0.25, -0.2) is 4.39 Å². The van der Waals surface area contributed by atoms with Gasteiger partial charge < -0.3 is 15.4 Å². The molecular formula is C16H23FN2O2. The van der Waals surface area contributed by atoms with Gasteiger partial charge in [0.05, 0.1) is 18.2 Å². The molecule has 4 nitrogen and oxygen atoms in total. The molecule has 1 aliphatic heterocycles. The average Bonchev–Trinajstić information content (AvgIpc) is 2.94. The number of ether oxygens (including phenoxy) is 1. The Kier molecular flexibility index (Phi) is 5.31. The molecule has 2 N–H and O–H groups in total. The van der Waals surface area contributed by atoms with Crippen molar-refractivity contribution < 1.29 is 13.9 Å². The first kappa shape index (κ1) is 15.9. The number of amides is 1. The van der Waals surface area contributed by atoms with Crippen LogP contribution in [-0.2, 0) is 9.53 Å². The van der Waals surface area contributed by atoms with Crippen molar-refractivity contribution in [3.05, 3.63) is 35.6 Å². The van der Waals surface area contributed by atoms with Crippen molar-refractivity contribution >= 4 is 5.91 Å². The van der Waals surface area contributed by atoms with Crippen LogP contribution in [-0.4, -0.2) is 31.7 Å². The molecule has 3 atom stereocenters. The first-order chi connectivity index (χ1) is 10.0. The van der Waals surface area contributed by atoms with Gasteiger partial charge in [-0.2, -0.15) is 0 Å². The summed E-state index contributed by atoms with van der Waals surface area (Å²) in [6.07, 6.45) is 0.764. The Morgan fingerprint density at radius 2 is 2.05 bits per heavy atom. The third-order valence-corrected chi connectivity index (χ3v) is 3.93. The number of benzene rings is 1. The molecule has 1 amide bonds. The van der Waals surface area contributed by atoms with Crippen molar-refractivity contribution in [1.29, 1.82) is 0 Å². The van der Waals surface area contributed by atoms with Gasteiger partial charge in [0.2, 0.25) is 5.91 Å². The number of nitrogens with one attached hydrogen (secondary N) is 2. The molecule has 1 aromatic carbocycles. The maximum absolute atomic E-state index is 13.0. The van der Waals surface area contributed by atoms with E-state index >= 15 is 0 Å². The minimum absolute atomic E-state index is 0.0300. The van der Waals surface area contributed by atoms with Crippen LogP contribution >= 0.6 is 0 Å². The number of carbonyl (C=O) groups is 1. The van der Waals surface area contributed by atoms with Crippen molar-refractivity contribution in [2.45, 2.75) is 38.5 Å². The van der Waals surface area contributed by atoms with Crippen molar-refractivity contribution in [1.82, 2.24) is 10.6 Å². The van der Waals surface area contributed by atoms with Crippen molar-refractivity contribution in [2.75, 3.05) is 13.7 Å². The molecular weight excluding hydrogens is 271 g/mol. The largest absolute Gasteiger partial charge is 0.380 e. The zero-order chi connectivity index (χ0) is 15.4. The molecule has 1 heterocycles. The quantitative estimate of drug-likeness (QED) is 0.873. The van der Waals surface area contributed by atoms with Gasteiger partial charge in [-0.05, 0) is 30.0 Å².